The summed E-state index contributed by atoms with van der Waals surface area (Å²) < 4.78 is 10.5. The van der Waals surface area contributed by atoms with Crippen LogP contribution >= 0.6 is 0 Å². The molecule has 1 saturated carbocycles. The van der Waals surface area contributed by atoms with Gasteiger partial charge < -0.3 is 9.47 Å². The number of nitrogens with zero attached hydrogens (tertiary/aromatic N) is 1. The quantitative estimate of drug-likeness (QED) is 0.347. The highest BCUT2D eigenvalue weighted by Crippen LogP contribution is 2.53. The Morgan fingerprint density at radius 2 is 1.59 bits per heavy atom. The van der Waals surface area contributed by atoms with Crippen molar-refractivity contribution < 1.29 is 23.9 Å². The molecule has 0 unspecified atom stereocenters. The standard InChI is InChI=1S/C23H19NO5/c1-28-18-4-2-3-15(12-18)23(27)29-17-9-7-16(8-10-17)24-21(25)19-13-5-6-14(11-13)20(19)22(24)26/h2-10,12-14,19-20H,11H2,1H3/t13-,14-,19+,20+/m0/s1. The van der Waals surface area contributed by atoms with Gasteiger partial charge in [-0.15, -0.1) is 0 Å². The van der Waals surface area contributed by atoms with Gasteiger partial charge in [-0.25, -0.2) is 4.79 Å². The highest BCUT2D eigenvalue weighted by molar-refractivity contribution is 6.22. The smallest absolute Gasteiger partial charge is 0.343 e. The van der Waals surface area contributed by atoms with Crippen LogP contribution in [0.2, 0.25) is 0 Å². The normalized spacial score (nSPS) is 26.7. The molecule has 5 rings (SSSR count). The first-order valence-corrected chi connectivity index (χ1v) is 9.59. The molecule has 6 nitrogen and oxygen atoms in total. The van der Waals surface area contributed by atoms with E-state index in [0.29, 0.717) is 22.7 Å². The zero-order chi connectivity index (χ0) is 20.1. The lowest BCUT2D eigenvalue weighted by Gasteiger charge is -2.17. The second-order valence-electron chi connectivity index (χ2n) is 7.63. The number of fused-ring (bicyclic) bond motifs is 5. The van der Waals surface area contributed by atoms with Gasteiger partial charge in [0.05, 0.1) is 30.2 Å². The maximum absolute atomic E-state index is 12.9. The molecule has 2 fully saturated rings. The Morgan fingerprint density at radius 3 is 2.21 bits per heavy atom. The molecule has 2 aromatic carbocycles. The number of esters is 1. The van der Waals surface area contributed by atoms with Crippen molar-refractivity contribution in [3.63, 3.8) is 0 Å². The Hall–Kier alpha value is -3.41. The Balaban J connectivity index is 1.32. The van der Waals surface area contributed by atoms with Crippen molar-refractivity contribution >= 4 is 23.5 Å². The first-order valence-electron chi connectivity index (χ1n) is 9.59. The third-order valence-electron chi connectivity index (χ3n) is 6.08. The molecule has 1 heterocycles. The van der Waals surface area contributed by atoms with Gasteiger partial charge in [0.25, 0.3) is 0 Å². The Labute approximate surface area is 167 Å². The number of amides is 2. The minimum Gasteiger partial charge on any atom is -0.497 e. The average molecular weight is 389 g/mol. The fourth-order valence-electron chi connectivity index (χ4n) is 4.74. The number of hydrogen-bond acceptors (Lipinski definition) is 5. The van der Waals surface area contributed by atoms with Crippen LogP contribution in [0.15, 0.2) is 60.7 Å². The molecule has 1 aliphatic heterocycles. The summed E-state index contributed by atoms with van der Waals surface area (Å²) in [6.45, 7) is 0. The Kier molecular flexibility index (Phi) is 4.01. The zero-order valence-corrected chi connectivity index (χ0v) is 15.8. The number of methoxy groups -OCH3 is 1. The lowest BCUT2D eigenvalue weighted by molar-refractivity contribution is -0.123. The van der Waals surface area contributed by atoms with Crippen LogP contribution in [0.4, 0.5) is 5.69 Å². The molecule has 0 aromatic heterocycles. The molecule has 2 bridgehead atoms. The van der Waals surface area contributed by atoms with Crippen LogP contribution in [0.3, 0.4) is 0 Å². The van der Waals surface area contributed by atoms with Crippen LogP contribution in [0.25, 0.3) is 0 Å². The number of benzene rings is 2. The summed E-state index contributed by atoms with van der Waals surface area (Å²) in [4.78, 5) is 39.4. The molecule has 146 valence electrons. The van der Waals surface area contributed by atoms with E-state index in [9.17, 15) is 14.4 Å². The topological polar surface area (TPSA) is 72.9 Å². The summed E-state index contributed by atoms with van der Waals surface area (Å²) >= 11 is 0. The lowest BCUT2D eigenvalue weighted by Crippen LogP contribution is -2.32. The molecule has 0 radical (unpaired) electrons. The van der Waals surface area contributed by atoms with Gasteiger partial charge in [-0.1, -0.05) is 18.2 Å². The van der Waals surface area contributed by atoms with E-state index in [0.717, 1.165) is 6.42 Å². The highest BCUT2D eigenvalue weighted by atomic mass is 16.5. The number of carbonyl (C=O) groups is 3. The van der Waals surface area contributed by atoms with Crippen molar-refractivity contribution in [1.29, 1.82) is 0 Å². The number of ether oxygens (including phenoxy) is 2. The van der Waals surface area contributed by atoms with E-state index in [-0.39, 0.29) is 35.5 Å². The van der Waals surface area contributed by atoms with Crippen LogP contribution < -0.4 is 14.4 Å². The summed E-state index contributed by atoms with van der Waals surface area (Å²) in [6.07, 6.45) is 5.04. The molecule has 6 heteroatoms. The number of carbonyl (C=O) groups excluding carboxylic acids is 3. The lowest BCUT2D eigenvalue weighted by atomic mass is 9.85. The third-order valence-corrected chi connectivity index (χ3v) is 6.08. The van der Waals surface area contributed by atoms with E-state index in [1.165, 1.54) is 12.0 Å². The van der Waals surface area contributed by atoms with Gasteiger partial charge >= 0.3 is 5.97 Å². The molecule has 29 heavy (non-hydrogen) atoms. The van der Waals surface area contributed by atoms with Gasteiger partial charge in [0.1, 0.15) is 11.5 Å². The van der Waals surface area contributed by atoms with E-state index < -0.39 is 5.97 Å². The third kappa shape index (κ3) is 2.75. The molecule has 2 aliphatic carbocycles. The van der Waals surface area contributed by atoms with Crippen LogP contribution in [0.5, 0.6) is 11.5 Å². The average Bonchev–Trinajstić information content (AvgIpc) is 3.43. The SMILES string of the molecule is COc1cccc(C(=O)Oc2ccc(N3C(=O)[C@H]4[C@H](C3=O)[C@H]3C=C[C@H]4C3)cc2)c1. The van der Waals surface area contributed by atoms with Crippen LogP contribution in [0, 0.1) is 23.7 Å². The summed E-state index contributed by atoms with van der Waals surface area (Å²) in [6, 6.07) is 13.2. The Morgan fingerprint density at radius 1 is 0.931 bits per heavy atom. The summed E-state index contributed by atoms with van der Waals surface area (Å²) in [5.74, 6) is 0.0192. The van der Waals surface area contributed by atoms with Crippen molar-refractivity contribution in [2.45, 2.75) is 6.42 Å². The summed E-state index contributed by atoms with van der Waals surface area (Å²) in [5, 5.41) is 0. The van der Waals surface area contributed by atoms with Crippen molar-refractivity contribution in [1.82, 2.24) is 0 Å². The van der Waals surface area contributed by atoms with Crippen LogP contribution in [-0.2, 0) is 9.59 Å². The second kappa shape index (κ2) is 6.58. The maximum Gasteiger partial charge on any atom is 0.343 e. The van der Waals surface area contributed by atoms with E-state index in [4.69, 9.17) is 9.47 Å². The molecule has 2 amide bonds. The van der Waals surface area contributed by atoms with Gasteiger partial charge in [0.2, 0.25) is 11.8 Å². The monoisotopic (exact) mass is 389 g/mol. The molecular weight excluding hydrogens is 370 g/mol. The van der Waals surface area contributed by atoms with Crippen LogP contribution in [-0.4, -0.2) is 24.9 Å². The van der Waals surface area contributed by atoms with E-state index in [1.54, 1.807) is 48.5 Å². The van der Waals surface area contributed by atoms with Crippen molar-refractivity contribution in [3.05, 3.63) is 66.2 Å². The second-order valence-corrected chi connectivity index (χ2v) is 7.63. The fraction of sp³-hybridized carbons (Fsp3) is 0.261. The largest absolute Gasteiger partial charge is 0.497 e. The maximum atomic E-state index is 12.9. The van der Waals surface area contributed by atoms with E-state index in [1.807, 2.05) is 0 Å². The fourth-order valence-corrected chi connectivity index (χ4v) is 4.74. The van der Waals surface area contributed by atoms with Crippen molar-refractivity contribution in [3.8, 4) is 11.5 Å². The predicted molar refractivity (Wildman–Crippen MR) is 105 cm³/mol. The van der Waals surface area contributed by atoms with Crippen molar-refractivity contribution in [2.75, 3.05) is 12.0 Å². The predicted octanol–water partition coefficient (Wildman–Crippen LogP) is 3.23. The molecule has 4 atom stereocenters. The number of hydrogen-bond donors (Lipinski definition) is 0. The van der Waals surface area contributed by atoms with Gasteiger partial charge in [0, 0.05) is 0 Å². The molecular formula is C23H19NO5. The number of anilines is 1. The van der Waals surface area contributed by atoms with Gasteiger partial charge in [-0.2, -0.15) is 0 Å². The van der Waals surface area contributed by atoms with Gasteiger partial charge in [-0.3, -0.25) is 14.5 Å². The van der Waals surface area contributed by atoms with E-state index in [2.05, 4.69) is 12.2 Å². The highest BCUT2D eigenvalue weighted by Gasteiger charge is 2.59. The summed E-state index contributed by atoms with van der Waals surface area (Å²) in [5.41, 5.74) is 0.879. The number of rotatable bonds is 4. The minimum atomic E-state index is -0.512. The summed E-state index contributed by atoms with van der Waals surface area (Å²) in [7, 11) is 1.53. The van der Waals surface area contributed by atoms with Gasteiger partial charge in [-0.05, 0) is 60.7 Å². The molecule has 2 aromatic rings. The Bertz CT molecular complexity index is 1010. The molecule has 0 spiro atoms. The van der Waals surface area contributed by atoms with Gasteiger partial charge in [0.15, 0.2) is 0 Å². The van der Waals surface area contributed by atoms with E-state index >= 15 is 0 Å². The first kappa shape index (κ1) is 17.7. The van der Waals surface area contributed by atoms with Crippen molar-refractivity contribution in [2.24, 2.45) is 23.7 Å². The number of imide groups is 1. The molecule has 0 N–H and O–H groups in total. The minimum absolute atomic E-state index is 0.127. The number of allylic oxidation sites excluding steroid dienone is 2. The molecule has 3 aliphatic rings. The first-order chi connectivity index (χ1) is 14.1. The molecule has 1 saturated heterocycles. The zero-order valence-electron chi connectivity index (χ0n) is 15.8. The van der Waals surface area contributed by atoms with Crippen LogP contribution in [0.1, 0.15) is 16.8 Å².